The van der Waals surface area contributed by atoms with Gasteiger partial charge in [0.25, 0.3) is 0 Å². The zero-order valence-corrected chi connectivity index (χ0v) is 19.3. The number of hydrogen-bond donors (Lipinski definition) is 2. The topological polar surface area (TPSA) is 95.9 Å². The Morgan fingerprint density at radius 2 is 1.67 bits per heavy atom. The standard InChI is InChI=1S/C26H32N2O5/c1-3-4-9-18(16-24(29)28(2)15-14-25(30)31)27-26(32)33-17-23-21-12-7-5-10-19(21)20-11-6-8-13-22(20)23/h5-8,10-13,18,23H,3-4,9,14-17H2,1-2H3,(H,27,32)(H,30,31)/t18-/m0/s1. The maximum atomic E-state index is 12.6. The first-order chi connectivity index (χ1) is 15.9. The first-order valence-corrected chi connectivity index (χ1v) is 11.5. The molecule has 2 N–H and O–H groups in total. The van der Waals surface area contributed by atoms with Gasteiger partial charge in [-0.1, -0.05) is 68.3 Å². The molecule has 3 rings (SSSR count). The van der Waals surface area contributed by atoms with Crippen LogP contribution in [0.5, 0.6) is 0 Å². The molecule has 1 aliphatic rings. The zero-order valence-electron chi connectivity index (χ0n) is 19.3. The van der Waals surface area contributed by atoms with Gasteiger partial charge in [-0.05, 0) is 28.7 Å². The van der Waals surface area contributed by atoms with Crippen molar-refractivity contribution in [2.45, 2.75) is 51.0 Å². The third kappa shape index (κ3) is 6.34. The summed E-state index contributed by atoms with van der Waals surface area (Å²) in [6, 6.07) is 15.9. The van der Waals surface area contributed by atoms with E-state index in [0.717, 1.165) is 35.1 Å². The summed E-state index contributed by atoms with van der Waals surface area (Å²) in [7, 11) is 1.58. The maximum absolute atomic E-state index is 12.6. The highest BCUT2D eigenvalue weighted by molar-refractivity contribution is 5.80. The largest absolute Gasteiger partial charge is 0.481 e. The molecule has 176 valence electrons. The summed E-state index contributed by atoms with van der Waals surface area (Å²) in [4.78, 5) is 37.3. The Kier molecular flexibility index (Phi) is 8.46. The number of carboxylic acid groups (broad SMARTS) is 1. The van der Waals surface area contributed by atoms with Crippen LogP contribution in [0.3, 0.4) is 0 Å². The zero-order chi connectivity index (χ0) is 23.8. The summed E-state index contributed by atoms with van der Waals surface area (Å²) in [5, 5.41) is 11.7. The number of carboxylic acids is 1. The van der Waals surface area contributed by atoms with Gasteiger partial charge < -0.3 is 20.1 Å². The molecule has 0 aromatic heterocycles. The van der Waals surface area contributed by atoms with Gasteiger partial charge in [0.15, 0.2) is 0 Å². The van der Waals surface area contributed by atoms with Gasteiger partial charge in [0.2, 0.25) is 5.91 Å². The van der Waals surface area contributed by atoms with Gasteiger partial charge in [-0.2, -0.15) is 0 Å². The lowest BCUT2D eigenvalue weighted by Gasteiger charge is -2.22. The number of nitrogens with zero attached hydrogens (tertiary/aromatic N) is 1. The smallest absolute Gasteiger partial charge is 0.407 e. The van der Waals surface area contributed by atoms with Crippen LogP contribution in [0, 0.1) is 0 Å². The SMILES string of the molecule is CCCC[C@@H](CC(=O)N(C)CCC(=O)O)NC(=O)OCC1c2ccccc2-c2ccccc21. The molecule has 2 amide bonds. The molecular weight excluding hydrogens is 420 g/mol. The molecule has 0 fully saturated rings. The third-order valence-electron chi connectivity index (χ3n) is 6.08. The molecule has 2 aromatic carbocycles. The molecule has 0 saturated heterocycles. The minimum absolute atomic E-state index is 0.0268. The Morgan fingerprint density at radius 1 is 1.06 bits per heavy atom. The van der Waals surface area contributed by atoms with Crippen molar-refractivity contribution in [1.29, 1.82) is 0 Å². The Balaban J connectivity index is 1.59. The molecule has 7 nitrogen and oxygen atoms in total. The number of hydrogen-bond acceptors (Lipinski definition) is 4. The van der Waals surface area contributed by atoms with Gasteiger partial charge in [-0.25, -0.2) is 4.79 Å². The second-order valence-electron chi connectivity index (χ2n) is 8.47. The molecule has 0 unspecified atom stereocenters. The van der Waals surface area contributed by atoms with Gasteiger partial charge in [0.05, 0.1) is 6.42 Å². The van der Waals surface area contributed by atoms with E-state index in [1.165, 1.54) is 4.90 Å². The Hall–Kier alpha value is -3.35. The van der Waals surface area contributed by atoms with Crippen molar-refractivity contribution in [2.24, 2.45) is 0 Å². The molecule has 1 aliphatic carbocycles. The lowest BCUT2D eigenvalue weighted by molar-refractivity contribution is -0.138. The summed E-state index contributed by atoms with van der Waals surface area (Å²) in [5.74, 6) is -1.17. The molecule has 1 atom stereocenters. The average molecular weight is 453 g/mol. The Bertz CT molecular complexity index is 945. The van der Waals surface area contributed by atoms with E-state index in [2.05, 4.69) is 29.6 Å². The van der Waals surface area contributed by atoms with Crippen LogP contribution < -0.4 is 5.32 Å². The second kappa shape index (κ2) is 11.5. The highest BCUT2D eigenvalue weighted by Gasteiger charge is 2.29. The van der Waals surface area contributed by atoms with E-state index in [-0.39, 0.29) is 43.9 Å². The van der Waals surface area contributed by atoms with Crippen LogP contribution in [-0.2, 0) is 14.3 Å². The van der Waals surface area contributed by atoms with Crippen molar-refractivity contribution in [1.82, 2.24) is 10.2 Å². The van der Waals surface area contributed by atoms with Crippen LogP contribution in [0.2, 0.25) is 0 Å². The van der Waals surface area contributed by atoms with E-state index >= 15 is 0 Å². The molecule has 7 heteroatoms. The summed E-state index contributed by atoms with van der Waals surface area (Å²) in [5.41, 5.74) is 4.62. The van der Waals surface area contributed by atoms with Gasteiger partial charge in [0, 0.05) is 32.0 Å². The number of carbonyl (C=O) groups is 3. The number of nitrogens with one attached hydrogen (secondary N) is 1. The van der Waals surface area contributed by atoms with E-state index in [1.807, 2.05) is 31.2 Å². The van der Waals surface area contributed by atoms with E-state index in [1.54, 1.807) is 7.05 Å². The molecule has 2 aromatic rings. The highest BCUT2D eigenvalue weighted by atomic mass is 16.5. The molecule has 0 aliphatic heterocycles. The molecule has 0 spiro atoms. The number of unbranched alkanes of at least 4 members (excludes halogenated alkanes) is 1. The summed E-state index contributed by atoms with van der Waals surface area (Å²) in [6.45, 7) is 2.40. The lowest BCUT2D eigenvalue weighted by Crippen LogP contribution is -2.40. The molecule has 0 bridgehead atoms. The van der Waals surface area contributed by atoms with E-state index in [9.17, 15) is 14.4 Å². The first kappa shape index (κ1) is 24.3. The normalized spacial score (nSPS) is 13.0. The van der Waals surface area contributed by atoms with E-state index in [4.69, 9.17) is 9.84 Å². The van der Waals surface area contributed by atoms with Crippen LogP contribution in [0.15, 0.2) is 48.5 Å². The molecule has 0 radical (unpaired) electrons. The van der Waals surface area contributed by atoms with Gasteiger partial charge in [-0.15, -0.1) is 0 Å². The van der Waals surface area contributed by atoms with E-state index < -0.39 is 12.1 Å². The van der Waals surface area contributed by atoms with Crippen LogP contribution in [0.25, 0.3) is 11.1 Å². The van der Waals surface area contributed by atoms with Crippen molar-refractivity contribution in [3.8, 4) is 11.1 Å². The predicted molar refractivity (Wildman–Crippen MR) is 126 cm³/mol. The number of benzene rings is 2. The summed E-state index contributed by atoms with van der Waals surface area (Å²) in [6.07, 6.45) is 1.91. The highest BCUT2D eigenvalue weighted by Crippen LogP contribution is 2.44. The van der Waals surface area contributed by atoms with Gasteiger partial charge in [-0.3, -0.25) is 9.59 Å². The van der Waals surface area contributed by atoms with Crippen molar-refractivity contribution >= 4 is 18.0 Å². The van der Waals surface area contributed by atoms with Gasteiger partial charge >= 0.3 is 12.1 Å². The van der Waals surface area contributed by atoms with Crippen molar-refractivity contribution in [3.05, 3.63) is 59.7 Å². The predicted octanol–water partition coefficient (Wildman–Crippen LogP) is 4.41. The Labute approximate surface area is 194 Å². The van der Waals surface area contributed by atoms with Crippen molar-refractivity contribution in [3.63, 3.8) is 0 Å². The maximum Gasteiger partial charge on any atom is 0.407 e. The monoisotopic (exact) mass is 452 g/mol. The number of aliphatic carboxylic acids is 1. The van der Waals surface area contributed by atoms with Crippen LogP contribution in [0.4, 0.5) is 4.79 Å². The van der Waals surface area contributed by atoms with Crippen LogP contribution in [-0.4, -0.2) is 54.2 Å². The number of rotatable bonds is 11. The minimum atomic E-state index is -0.950. The molecule has 0 saturated carbocycles. The fourth-order valence-electron chi connectivity index (χ4n) is 4.24. The number of fused-ring (bicyclic) bond motifs is 3. The molecular formula is C26H32N2O5. The number of carbonyl (C=O) groups excluding carboxylic acids is 2. The third-order valence-corrected chi connectivity index (χ3v) is 6.08. The molecule has 0 heterocycles. The minimum Gasteiger partial charge on any atom is -0.481 e. The van der Waals surface area contributed by atoms with Crippen molar-refractivity contribution < 1.29 is 24.2 Å². The average Bonchev–Trinajstić information content (AvgIpc) is 3.13. The van der Waals surface area contributed by atoms with Gasteiger partial charge in [0.1, 0.15) is 6.61 Å². The number of amides is 2. The Morgan fingerprint density at radius 3 is 2.24 bits per heavy atom. The summed E-state index contributed by atoms with van der Waals surface area (Å²) >= 11 is 0. The quantitative estimate of drug-likeness (QED) is 0.527. The van der Waals surface area contributed by atoms with Crippen molar-refractivity contribution in [2.75, 3.05) is 20.2 Å². The van der Waals surface area contributed by atoms with Crippen LogP contribution in [0.1, 0.15) is 56.1 Å². The fraction of sp³-hybridized carbons (Fsp3) is 0.423. The lowest BCUT2D eigenvalue weighted by atomic mass is 9.98. The summed E-state index contributed by atoms with van der Waals surface area (Å²) < 4.78 is 5.62. The van der Waals surface area contributed by atoms with E-state index in [0.29, 0.717) is 6.42 Å². The molecule has 33 heavy (non-hydrogen) atoms. The fourth-order valence-corrected chi connectivity index (χ4v) is 4.24. The second-order valence-corrected chi connectivity index (χ2v) is 8.47. The first-order valence-electron chi connectivity index (χ1n) is 11.5. The van der Waals surface area contributed by atoms with Crippen LogP contribution >= 0.6 is 0 Å². The number of ether oxygens (including phenoxy) is 1. The number of alkyl carbamates (subject to hydrolysis) is 1.